The van der Waals surface area contributed by atoms with Gasteiger partial charge in [-0.15, -0.1) is 0 Å². The molecule has 0 aliphatic rings. The van der Waals surface area contributed by atoms with E-state index in [1.54, 1.807) is 0 Å². The Kier molecular flexibility index (Phi) is 10.9. The third kappa shape index (κ3) is 6.72. The molecule has 0 amide bonds. The second kappa shape index (κ2) is 13.7. The predicted octanol–water partition coefficient (Wildman–Crippen LogP) is 7.70. The molecule has 0 bridgehead atoms. The maximum absolute atomic E-state index is 12.8. The minimum absolute atomic E-state index is 0.607. The van der Waals surface area contributed by atoms with Gasteiger partial charge in [0.05, 0.1) is 0 Å². The van der Waals surface area contributed by atoms with E-state index in [1.807, 2.05) is 42.5 Å². The second-order valence-electron chi connectivity index (χ2n) is 10.6. The van der Waals surface area contributed by atoms with Crippen LogP contribution in [0.2, 0.25) is 0 Å². The van der Waals surface area contributed by atoms with Crippen molar-refractivity contribution in [2.75, 3.05) is 0 Å². The van der Waals surface area contributed by atoms with Gasteiger partial charge < -0.3 is 0 Å². The first kappa shape index (κ1) is 29.6. The van der Waals surface area contributed by atoms with Crippen molar-refractivity contribution in [3.63, 3.8) is 0 Å². The molecule has 3 aromatic rings. The fraction of sp³-hybridized carbons (Fsp3) is 0.471. The van der Waals surface area contributed by atoms with Crippen LogP contribution in [0.5, 0.6) is 0 Å². The van der Waals surface area contributed by atoms with Crippen molar-refractivity contribution in [1.82, 2.24) is 0 Å². The monoisotopic (exact) mass is 520 g/mol. The molecule has 3 heteroatoms. The maximum atomic E-state index is 12.8. The van der Waals surface area contributed by atoms with E-state index in [0.717, 1.165) is 38.5 Å². The van der Waals surface area contributed by atoms with E-state index < -0.39 is 7.06 Å². The Labute approximate surface area is 226 Å². The first-order valence-corrected chi connectivity index (χ1v) is 16.8. The fourth-order valence-corrected chi connectivity index (χ4v) is 8.70. The summed E-state index contributed by atoms with van der Waals surface area (Å²) in [6.45, 7) is 8.85. The minimum atomic E-state index is -4.64. The van der Waals surface area contributed by atoms with Gasteiger partial charge in [-0.05, 0) is 0 Å². The van der Waals surface area contributed by atoms with Crippen LogP contribution in [0.25, 0.3) is 0 Å². The van der Waals surface area contributed by atoms with E-state index in [9.17, 15) is 9.79 Å². The SMILES string of the molecule is CCCCCCc1cc(P(O)(O)(c2ccccc2)c2ccc(CC)c(CCCCCC)c2)ccc1CC. The number of hydrogen-bond donors (Lipinski definition) is 2. The Morgan fingerprint density at radius 3 is 1.35 bits per heavy atom. The number of unbranched alkanes of at least 4 members (excludes halogenated alkanes) is 6. The molecule has 37 heavy (non-hydrogen) atoms. The van der Waals surface area contributed by atoms with Crippen molar-refractivity contribution in [2.24, 2.45) is 0 Å². The van der Waals surface area contributed by atoms with E-state index >= 15 is 0 Å². The molecule has 0 spiro atoms. The van der Waals surface area contributed by atoms with Gasteiger partial charge in [-0.3, -0.25) is 0 Å². The summed E-state index contributed by atoms with van der Waals surface area (Å²) in [5.74, 6) is 0. The van der Waals surface area contributed by atoms with Gasteiger partial charge in [0.15, 0.2) is 0 Å². The van der Waals surface area contributed by atoms with Gasteiger partial charge in [-0.1, -0.05) is 0 Å². The van der Waals surface area contributed by atoms with Crippen LogP contribution >= 0.6 is 7.06 Å². The van der Waals surface area contributed by atoms with Crippen molar-refractivity contribution >= 4 is 23.0 Å². The molecule has 0 fully saturated rings. The van der Waals surface area contributed by atoms with Crippen LogP contribution in [0, 0.1) is 0 Å². The van der Waals surface area contributed by atoms with E-state index in [2.05, 4.69) is 52.0 Å². The summed E-state index contributed by atoms with van der Waals surface area (Å²) >= 11 is 0. The number of hydrogen-bond acceptors (Lipinski definition) is 2. The van der Waals surface area contributed by atoms with Crippen LogP contribution in [0.4, 0.5) is 0 Å². The van der Waals surface area contributed by atoms with Crippen molar-refractivity contribution in [3.05, 3.63) is 89.0 Å². The Hall–Kier alpha value is -1.99. The average Bonchev–Trinajstić information content (AvgIpc) is 2.93. The summed E-state index contributed by atoms with van der Waals surface area (Å²) in [7, 11) is -4.64. The summed E-state index contributed by atoms with van der Waals surface area (Å²) < 4.78 is 0. The van der Waals surface area contributed by atoms with Gasteiger partial charge in [0.25, 0.3) is 0 Å². The van der Waals surface area contributed by atoms with E-state index in [4.69, 9.17) is 0 Å². The second-order valence-corrected chi connectivity index (χ2v) is 14.2. The molecule has 202 valence electrons. The summed E-state index contributed by atoms with van der Waals surface area (Å²) in [5.41, 5.74) is 5.14. The summed E-state index contributed by atoms with van der Waals surface area (Å²) in [6.07, 6.45) is 13.5. The standard InChI is InChI=1S/C34H49O2P/c1-5-9-11-14-18-30-26-33(24-22-28(30)7-3)37(35,36,32-20-16-13-17-21-32)34-25-23-29(8-4)31(27-34)19-15-12-10-6-2/h13,16-17,20-27,35-36H,5-12,14-15,18-19H2,1-4H3. The average molecular weight is 521 g/mol. The van der Waals surface area contributed by atoms with Gasteiger partial charge in [-0.2, -0.15) is 0 Å². The third-order valence-corrected chi connectivity index (χ3v) is 11.8. The zero-order chi connectivity index (χ0) is 26.8. The molecule has 0 heterocycles. The first-order valence-electron chi connectivity index (χ1n) is 14.7. The molecule has 0 atom stereocenters. The van der Waals surface area contributed by atoms with Gasteiger partial charge in [0.2, 0.25) is 0 Å². The van der Waals surface area contributed by atoms with Gasteiger partial charge in [-0.25, -0.2) is 0 Å². The Morgan fingerprint density at radius 1 is 0.486 bits per heavy atom. The van der Waals surface area contributed by atoms with Crippen molar-refractivity contribution in [3.8, 4) is 0 Å². The van der Waals surface area contributed by atoms with E-state index in [-0.39, 0.29) is 0 Å². The van der Waals surface area contributed by atoms with Crippen molar-refractivity contribution < 1.29 is 9.79 Å². The van der Waals surface area contributed by atoms with Gasteiger partial charge in [0.1, 0.15) is 0 Å². The molecular weight excluding hydrogens is 471 g/mol. The molecule has 0 aromatic heterocycles. The van der Waals surface area contributed by atoms with Crippen LogP contribution in [0.1, 0.15) is 101 Å². The molecule has 0 saturated heterocycles. The summed E-state index contributed by atoms with van der Waals surface area (Å²) in [6, 6.07) is 22.0. The molecule has 3 aromatic carbocycles. The van der Waals surface area contributed by atoms with Crippen molar-refractivity contribution in [2.45, 2.75) is 105 Å². The molecule has 2 nitrogen and oxygen atoms in total. The Bertz CT molecular complexity index is 1050. The third-order valence-electron chi connectivity index (χ3n) is 7.96. The normalized spacial score (nSPS) is 12.9. The van der Waals surface area contributed by atoms with Crippen LogP contribution in [-0.2, 0) is 25.7 Å². The van der Waals surface area contributed by atoms with Crippen LogP contribution in [0.3, 0.4) is 0 Å². The van der Waals surface area contributed by atoms with E-state index in [0.29, 0.717) is 15.9 Å². The molecular formula is C34H49O2P. The summed E-state index contributed by atoms with van der Waals surface area (Å²) in [4.78, 5) is 25.5. The number of benzene rings is 3. The fourth-order valence-electron chi connectivity index (χ4n) is 5.55. The molecule has 0 radical (unpaired) electrons. The van der Waals surface area contributed by atoms with Crippen molar-refractivity contribution in [1.29, 1.82) is 0 Å². The number of rotatable bonds is 15. The zero-order valence-corrected chi connectivity index (χ0v) is 24.6. The van der Waals surface area contributed by atoms with Gasteiger partial charge >= 0.3 is 226 Å². The summed E-state index contributed by atoms with van der Waals surface area (Å²) in [5, 5.41) is 1.91. The molecule has 0 aliphatic carbocycles. The molecule has 0 saturated carbocycles. The molecule has 3 rings (SSSR count). The van der Waals surface area contributed by atoms with E-state index in [1.165, 1.54) is 60.8 Å². The van der Waals surface area contributed by atoms with Crippen LogP contribution in [0.15, 0.2) is 66.7 Å². The Morgan fingerprint density at radius 2 is 0.946 bits per heavy atom. The number of aryl methyl sites for hydroxylation is 4. The topological polar surface area (TPSA) is 40.5 Å². The van der Waals surface area contributed by atoms with Gasteiger partial charge in [0, 0.05) is 0 Å². The molecule has 0 unspecified atom stereocenters. The van der Waals surface area contributed by atoms with Crippen LogP contribution < -0.4 is 15.9 Å². The molecule has 0 aliphatic heterocycles. The molecule has 2 N–H and O–H groups in total. The van der Waals surface area contributed by atoms with Crippen LogP contribution in [-0.4, -0.2) is 9.79 Å². The zero-order valence-electron chi connectivity index (χ0n) is 23.7. The quantitative estimate of drug-likeness (QED) is 0.159. The first-order chi connectivity index (χ1) is 17.9. The Balaban J connectivity index is 2.15. The predicted molar refractivity (Wildman–Crippen MR) is 164 cm³/mol.